The number of aryl methyl sites for hydroxylation is 1. The summed E-state index contributed by atoms with van der Waals surface area (Å²) >= 11 is 0. The molecule has 0 aliphatic carbocycles. The zero-order valence-electron chi connectivity index (χ0n) is 23.0. The zero-order chi connectivity index (χ0) is 28.8. The number of nitrogens with zero attached hydrogens (tertiary/aromatic N) is 3. The summed E-state index contributed by atoms with van der Waals surface area (Å²) in [5.74, 6) is 1.28. The third-order valence-electron chi connectivity index (χ3n) is 6.60. The third kappa shape index (κ3) is 6.14. The fourth-order valence-corrected chi connectivity index (χ4v) is 4.50. The molecule has 9 heteroatoms. The first-order valence-electron chi connectivity index (χ1n) is 13.0. The molecule has 0 saturated carbocycles. The van der Waals surface area contributed by atoms with Gasteiger partial charge in [-0.25, -0.2) is 4.98 Å². The Balaban J connectivity index is 1.47. The van der Waals surface area contributed by atoms with E-state index in [1.54, 1.807) is 55.2 Å². The van der Waals surface area contributed by atoms with Crippen molar-refractivity contribution in [2.24, 2.45) is 0 Å². The Morgan fingerprint density at radius 1 is 0.927 bits per heavy atom. The Labute approximate surface area is 238 Å². The van der Waals surface area contributed by atoms with E-state index in [0.29, 0.717) is 40.2 Å². The summed E-state index contributed by atoms with van der Waals surface area (Å²) in [6.07, 6.45) is 3.38. The van der Waals surface area contributed by atoms with Crippen LogP contribution in [-0.2, 0) is 11.3 Å². The predicted molar refractivity (Wildman–Crippen MR) is 155 cm³/mol. The van der Waals surface area contributed by atoms with Crippen LogP contribution in [-0.4, -0.2) is 47.0 Å². The molecule has 208 valence electrons. The van der Waals surface area contributed by atoms with Gasteiger partial charge in [-0.05, 0) is 42.8 Å². The average molecular weight is 551 g/mol. The average Bonchev–Trinajstić information content (AvgIpc) is 3.67. The molecule has 0 fully saturated rings. The molecule has 5 rings (SSSR count). The number of imidazole rings is 1. The monoisotopic (exact) mass is 550 g/mol. The van der Waals surface area contributed by atoms with Crippen LogP contribution in [0.3, 0.4) is 0 Å². The van der Waals surface area contributed by atoms with Gasteiger partial charge in [-0.3, -0.25) is 19.5 Å². The number of ether oxygens (including phenoxy) is 2. The van der Waals surface area contributed by atoms with E-state index in [-0.39, 0.29) is 19.0 Å². The maximum atomic E-state index is 13.5. The number of furan rings is 1. The molecule has 3 aromatic carbocycles. The van der Waals surface area contributed by atoms with Crippen molar-refractivity contribution in [1.82, 2.24) is 14.5 Å². The Bertz CT molecular complexity index is 1640. The van der Waals surface area contributed by atoms with Gasteiger partial charge in [0.25, 0.3) is 5.91 Å². The van der Waals surface area contributed by atoms with E-state index in [9.17, 15) is 9.59 Å². The predicted octanol–water partition coefficient (Wildman–Crippen LogP) is 5.74. The molecule has 2 aromatic heterocycles. The van der Waals surface area contributed by atoms with Gasteiger partial charge in [-0.2, -0.15) is 0 Å². The van der Waals surface area contributed by atoms with E-state index >= 15 is 0 Å². The summed E-state index contributed by atoms with van der Waals surface area (Å²) in [7, 11) is 3.13. The number of benzene rings is 3. The summed E-state index contributed by atoms with van der Waals surface area (Å²) in [4.78, 5) is 33.2. The number of amides is 2. The van der Waals surface area contributed by atoms with Crippen molar-refractivity contribution >= 4 is 17.8 Å². The van der Waals surface area contributed by atoms with Crippen LogP contribution in [0.1, 0.15) is 21.7 Å². The lowest BCUT2D eigenvalue weighted by molar-refractivity contribution is -0.117. The molecule has 0 aliphatic rings. The maximum Gasteiger partial charge on any atom is 0.255 e. The fourth-order valence-electron chi connectivity index (χ4n) is 4.50. The van der Waals surface area contributed by atoms with Crippen LogP contribution in [0.2, 0.25) is 0 Å². The second-order valence-electron chi connectivity index (χ2n) is 9.33. The highest BCUT2D eigenvalue weighted by Gasteiger charge is 2.23. The molecule has 2 amide bonds. The van der Waals surface area contributed by atoms with Crippen molar-refractivity contribution in [2.75, 3.05) is 26.1 Å². The number of rotatable bonds is 10. The Kier molecular flexibility index (Phi) is 8.15. The largest absolute Gasteiger partial charge is 0.493 e. The number of hydrogen-bond donors (Lipinski definition) is 1. The van der Waals surface area contributed by atoms with Crippen molar-refractivity contribution in [1.29, 1.82) is 0 Å². The SMILES string of the molecule is COc1ccc(-n2cc(-c3ccccc3)nc2NC(=O)CN(Cc2ccco2)C(=O)c2ccccc2C)cc1OC. The van der Waals surface area contributed by atoms with Crippen LogP contribution in [0.4, 0.5) is 5.95 Å². The summed E-state index contributed by atoms with van der Waals surface area (Å²) in [5, 5.41) is 2.91. The molecule has 0 aliphatic heterocycles. The topological polar surface area (TPSA) is 98.8 Å². The Morgan fingerprint density at radius 3 is 2.39 bits per heavy atom. The van der Waals surface area contributed by atoms with E-state index in [4.69, 9.17) is 18.9 Å². The van der Waals surface area contributed by atoms with Gasteiger partial charge in [-0.15, -0.1) is 0 Å². The van der Waals surface area contributed by atoms with Gasteiger partial charge >= 0.3 is 0 Å². The van der Waals surface area contributed by atoms with Crippen LogP contribution in [0, 0.1) is 6.92 Å². The number of carbonyl (C=O) groups is 2. The number of aromatic nitrogens is 2. The first-order chi connectivity index (χ1) is 20.0. The number of hydrogen-bond acceptors (Lipinski definition) is 6. The summed E-state index contributed by atoms with van der Waals surface area (Å²) < 4.78 is 18.1. The molecular weight excluding hydrogens is 520 g/mol. The number of methoxy groups -OCH3 is 2. The molecule has 0 radical (unpaired) electrons. The van der Waals surface area contributed by atoms with Crippen molar-refractivity contribution in [3.05, 3.63) is 114 Å². The summed E-state index contributed by atoms with van der Waals surface area (Å²) in [6.45, 7) is 1.78. The second kappa shape index (κ2) is 12.3. The zero-order valence-corrected chi connectivity index (χ0v) is 23.0. The van der Waals surface area contributed by atoms with Crippen LogP contribution in [0.5, 0.6) is 11.5 Å². The van der Waals surface area contributed by atoms with Gasteiger partial charge in [0.2, 0.25) is 11.9 Å². The summed E-state index contributed by atoms with van der Waals surface area (Å²) in [6, 6.07) is 25.9. The van der Waals surface area contributed by atoms with Gasteiger partial charge in [0.15, 0.2) is 11.5 Å². The second-order valence-corrected chi connectivity index (χ2v) is 9.33. The van der Waals surface area contributed by atoms with Gasteiger partial charge in [0.05, 0.1) is 38.4 Å². The van der Waals surface area contributed by atoms with Gasteiger partial charge < -0.3 is 18.8 Å². The van der Waals surface area contributed by atoms with E-state index in [2.05, 4.69) is 5.32 Å². The van der Waals surface area contributed by atoms with Crippen LogP contribution >= 0.6 is 0 Å². The van der Waals surface area contributed by atoms with E-state index in [1.165, 1.54) is 11.2 Å². The highest BCUT2D eigenvalue weighted by atomic mass is 16.5. The smallest absolute Gasteiger partial charge is 0.255 e. The molecule has 5 aromatic rings. The third-order valence-corrected chi connectivity index (χ3v) is 6.60. The molecule has 1 N–H and O–H groups in total. The molecule has 0 saturated heterocycles. The Hall–Kier alpha value is -5.31. The van der Waals surface area contributed by atoms with Crippen molar-refractivity contribution in [2.45, 2.75) is 13.5 Å². The maximum absolute atomic E-state index is 13.5. The lowest BCUT2D eigenvalue weighted by Gasteiger charge is -2.22. The van der Waals surface area contributed by atoms with Crippen LogP contribution < -0.4 is 14.8 Å². The van der Waals surface area contributed by atoms with E-state index < -0.39 is 5.91 Å². The molecule has 0 spiro atoms. The quantitative estimate of drug-likeness (QED) is 0.238. The van der Waals surface area contributed by atoms with E-state index in [0.717, 1.165) is 11.1 Å². The van der Waals surface area contributed by atoms with Gasteiger partial charge in [0, 0.05) is 23.4 Å². The number of carbonyl (C=O) groups excluding carboxylic acids is 2. The fraction of sp³-hybridized carbons (Fsp3) is 0.156. The van der Waals surface area contributed by atoms with Crippen molar-refractivity contribution in [3.63, 3.8) is 0 Å². The molecule has 0 atom stereocenters. The van der Waals surface area contributed by atoms with E-state index in [1.807, 2.05) is 61.7 Å². The molecule has 0 bridgehead atoms. The normalized spacial score (nSPS) is 10.7. The van der Waals surface area contributed by atoms with Crippen molar-refractivity contribution < 1.29 is 23.5 Å². The first-order valence-corrected chi connectivity index (χ1v) is 13.0. The van der Waals surface area contributed by atoms with Crippen LogP contribution in [0.15, 0.2) is 102 Å². The minimum atomic E-state index is -0.412. The van der Waals surface area contributed by atoms with Gasteiger partial charge in [-0.1, -0.05) is 48.5 Å². The first kappa shape index (κ1) is 27.3. The highest BCUT2D eigenvalue weighted by Crippen LogP contribution is 2.32. The highest BCUT2D eigenvalue weighted by molar-refractivity contribution is 5.99. The molecular formula is C32H30N4O5. The Morgan fingerprint density at radius 2 is 1.68 bits per heavy atom. The summed E-state index contributed by atoms with van der Waals surface area (Å²) in [5.41, 5.74) is 3.59. The lowest BCUT2D eigenvalue weighted by Crippen LogP contribution is -2.38. The standard InChI is InChI=1S/C32H30N4O5/c1-22-10-7-8-14-26(22)31(38)35(19-25-13-9-17-41-25)21-30(37)34-32-33-27(23-11-5-4-6-12-23)20-36(32)24-15-16-28(39-2)29(18-24)40-3/h4-18,20H,19,21H2,1-3H3,(H,33,34,37). The molecule has 9 nitrogen and oxygen atoms in total. The van der Waals surface area contributed by atoms with Crippen LogP contribution in [0.25, 0.3) is 16.9 Å². The molecule has 2 heterocycles. The lowest BCUT2D eigenvalue weighted by atomic mass is 10.1. The minimum absolute atomic E-state index is 0.132. The minimum Gasteiger partial charge on any atom is -0.493 e. The number of nitrogens with one attached hydrogen (secondary N) is 1. The molecule has 0 unspecified atom stereocenters. The van der Waals surface area contributed by atoms with Gasteiger partial charge in [0.1, 0.15) is 12.3 Å². The number of anilines is 1. The molecule has 41 heavy (non-hydrogen) atoms. The van der Waals surface area contributed by atoms with Crippen molar-refractivity contribution in [3.8, 4) is 28.4 Å².